The highest BCUT2D eigenvalue weighted by Gasteiger charge is 2.28. The van der Waals surface area contributed by atoms with Crippen LogP contribution in [0.5, 0.6) is 0 Å². The number of rotatable bonds is 5. The number of aliphatic hydroxyl groups excluding tert-OH is 1. The van der Waals surface area contributed by atoms with E-state index in [1.165, 1.54) is 0 Å². The van der Waals surface area contributed by atoms with Crippen LogP contribution in [0.4, 0.5) is 0 Å². The molecule has 0 radical (unpaired) electrons. The molecular formula is C16H20N2O3. The molecule has 0 fully saturated rings. The number of aliphatic hydroxyl groups is 1. The molecule has 2 aromatic rings. The van der Waals surface area contributed by atoms with E-state index in [9.17, 15) is 9.90 Å². The molecule has 5 heteroatoms. The van der Waals surface area contributed by atoms with Gasteiger partial charge in [0.05, 0.1) is 0 Å². The zero-order chi connectivity index (χ0) is 15.4. The lowest BCUT2D eigenvalue weighted by molar-refractivity contribution is 0.0783. The first kappa shape index (κ1) is 15.3. The zero-order valence-corrected chi connectivity index (χ0v) is 12.5. The minimum absolute atomic E-state index is 0.187. The van der Waals surface area contributed by atoms with E-state index in [1.54, 1.807) is 18.9 Å². The number of amides is 1. The Morgan fingerprint density at radius 1 is 1.38 bits per heavy atom. The van der Waals surface area contributed by atoms with Crippen molar-refractivity contribution in [1.82, 2.24) is 10.1 Å². The van der Waals surface area contributed by atoms with E-state index in [4.69, 9.17) is 4.52 Å². The highest BCUT2D eigenvalue weighted by atomic mass is 16.5. The first-order valence-corrected chi connectivity index (χ1v) is 7.04. The van der Waals surface area contributed by atoms with Gasteiger partial charge in [-0.3, -0.25) is 4.79 Å². The molecule has 0 bridgehead atoms. The molecular weight excluding hydrogens is 268 g/mol. The summed E-state index contributed by atoms with van der Waals surface area (Å²) < 4.78 is 5.21. The van der Waals surface area contributed by atoms with E-state index in [1.807, 2.05) is 37.3 Å². The number of hydrogen-bond donors (Lipinski definition) is 1. The second kappa shape index (κ2) is 6.54. The molecule has 1 N–H and O–H groups in total. The van der Waals surface area contributed by atoms with E-state index in [2.05, 4.69) is 5.16 Å². The number of carbonyl (C=O) groups is 1. The highest BCUT2D eigenvalue weighted by molar-refractivity contribution is 6.00. The number of hydrogen-bond acceptors (Lipinski definition) is 4. The van der Waals surface area contributed by atoms with Crippen molar-refractivity contribution in [2.75, 3.05) is 13.6 Å². The van der Waals surface area contributed by atoms with Crippen LogP contribution in [0.3, 0.4) is 0 Å². The Morgan fingerprint density at radius 3 is 2.62 bits per heavy atom. The largest absolute Gasteiger partial charge is 0.385 e. The molecule has 1 aromatic heterocycles. The summed E-state index contributed by atoms with van der Waals surface area (Å²) in [5, 5.41) is 13.8. The predicted molar refractivity (Wildman–Crippen MR) is 79.8 cm³/mol. The van der Waals surface area contributed by atoms with E-state index >= 15 is 0 Å². The van der Waals surface area contributed by atoms with E-state index in [0.717, 1.165) is 12.0 Å². The molecule has 0 aliphatic heterocycles. The molecule has 2 rings (SSSR count). The summed E-state index contributed by atoms with van der Waals surface area (Å²) in [6.45, 7) is 4.20. The van der Waals surface area contributed by atoms with Crippen LogP contribution in [-0.2, 0) is 0 Å². The van der Waals surface area contributed by atoms with Gasteiger partial charge in [-0.15, -0.1) is 0 Å². The van der Waals surface area contributed by atoms with Crippen molar-refractivity contribution in [3.63, 3.8) is 0 Å². The Bertz CT molecular complexity index is 605. The van der Waals surface area contributed by atoms with E-state index in [0.29, 0.717) is 17.8 Å². The topological polar surface area (TPSA) is 66.6 Å². The fraction of sp³-hybridized carbons (Fsp3) is 0.375. The number of aromatic nitrogens is 1. The van der Waals surface area contributed by atoms with Crippen molar-refractivity contribution in [1.29, 1.82) is 0 Å². The third-order valence-corrected chi connectivity index (χ3v) is 3.26. The van der Waals surface area contributed by atoms with E-state index in [-0.39, 0.29) is 11.7 Å². The van der Waals surface area contributed by atoms with Gasteiger partial charge in [0.1, 0.15) is 17.4 Å². The minimum Gasteiger partial charge on any atom is -0.385 e. The molecule has 0 spiro atoms. The van der Waals surface area contributed by atoms with Crippen molar-refractivity contribution in [2.24, 2.45) is 0 Å². The summed E-state index contributed by atoms with van der Waals surface area (Å²) >= 11 is 0. The van der Waals surface area contributed by atoms with E-state index < -0.39 is 6.10 Å². The normalized spacial score (nSPS) is 12.2. The number of benzene rings is 1. The maximum atomic E-state index is 12.6. The van der Waals surface area contributed by atoms with Crippen LogP contribution < -0.4 is 0 Å². The molecule has 0 saturated carbocycles. The average Bonchev–Trinajstić information content (AvgIpc) is 2.92. The van der Waals surface area contributed by atoms with Gasteiger partial charge in [0.15, 0.2) is 5.76 Å². The Labute approximate surface area is 124 Å². The molecule has 0 aliphatic carbocycles. The second-order valence-electron chi connectivity index (χ2n) is 5.04. The minimum atomic E-state index is -0.885. The molecule has 1 amide bonds. The maximum absolute atomic E-state index is 12.6. The molecule has 21 heavy (non-hydrogen) atoms. The predicted octanol–water partition coefficient (Wildman–Crippen LogP) is 2.88. The highest BCUT2D eigenvalue weighted by Crippen LogP contribution is 2.29. The van der Waals surface area contributed by atoms with Gasteiger partial charge in [-0.1, -0.05) is 42.4 Å². The smallest absolute Gasteiger partial charge is 0.259 e. The van der Waals surface area contributed by atoms with Crippen LogP contribution in [0.2, 0.25) is 0 Å². The molecule has 1 atom stereocenters. The van der Waals surface area contributed by atoms with Gasteiger partial charge in [0.2, 0.25) is 0 Å². The SMILES string of the molecule is CCCN(C)C(=O)c1c(-c2ccccc2)noc1C(C)O. The van der Waals surface area contributed by atoms with Crippen molar-refractivity contribution < 1.29 is 14.4 Å². The van der Waals surface area contributed by atoms with Crippen LogP contribution >= 0.6 is 0 Å². The van der Waals surface area contributed by atoms with Crippen LogP contribution in [0.25, 0.3) is 11.3 Å². The van der Waals surface area contributed by atoms with Crippen LogP contribution in [-0.4, -0.2) is 34.7 Å². The standard InChI is InChI=1S/C16H20N2O3/c1-4-10-18(3)16(20)13-14(12-8-6-5-7-9-12)17-21-15(13)11(2)19/h5-9,11,19H,4,10H2,1-3H3. The van der Waals surface area contributed by atoms with Gasteiger partial charge in [0.25, 0.3) is 5.91 Å². The average molecular weight is 288 g/mol. The first-order valence-electron chi connectivity index (χ1n) is 7.04. The first-order chi connectivity index (χ1) is 10.1. The molecule has 1 heterocycles. The summed E-state index contributed by atoms with van der Waals surface area (Å²) in [6.07, 6.45) is -0.0259. The summed E-state index contributed by atoms with van der Waals surface area (Å²) in [4.78, 5) is 14.2. The maximum Gasteiger partial charge on any atom is 0.259 e. The lowest BCUT2D eigenvalue weighted by Crippen LogP contribution is -2.28. The quantitative estimate of drug-likeness (QED) is 0.918. The van der Waals surface area contributed by atoms with Gasteiger partial charge in [-0.2, -0.15) is 0 Å². The number of nitrogens with zero attached hydrogens (tertiary/aromatic N) is 2. The van der Waals surface area contributed by atoms with Gasteiger partial charge >= 0.3 is 0 Å². The van der Waals surface area contributed by atoms with Crippen molar-refractivity contribution in [3.8, 4) is 11.3 Å². The molecule has 112 valence electrons. The zero-order valence-electron chi connectivity index (χ0n) is 12.5. The Morgan fingerprint density at radius 2 is 2.05 bits per heavy atom. The third-order valence-electron chi connectivity index (χ3n) is 3.26. The number of carbonyl (C=O) groups excluding carboxylic acids is 1. The Hall–Kier alpha value is -2.14. The van der Waals surface area contributed by atoms with Crippen LogP contribution in [0.1, 0.15) is 42.5 Å². The molecule has 0 aliphatic rings. The molecule has 1 unspecified atom stereocenters. The van der Waals surface area contributed by atoms with Gasteiger partial charge in [-0.25, -0.2) is 0 Å². The Balaban J connectivity index is 2.51. The fourth-order valence-corrected chi connectivity index (χ4v) is 2.22. The van der Waals surface area contributed by atoms with Gasteiger partial charge in [-0.05, 0) is 13.3 Å². The van der Waals surface area contributed by atoms with Crippen molar-refractivity contribution in [2.45, 2.75) is 26.4 Å². The van der Waals surface area contributed by atoms with Crippen molar-refractivity contribution in [3.05, 3.63) is 41.7 Å². The lowest BCUT2D eigenvalue weighted by atomic mass is 10.0. The summed E-state index contributed by atoms with van der Waals surface area (Å²) in [7, 11) is 1.74. The third kappa shape index (κ3) is 3.13. The van der Waals surface area contributed by atoms with Gasteiger partial charge < -0.3 is 14.5 Å². The Kier molecular flexibility index (Phi) is 4.75. The lowest BCUT2D eigenvalue weighted by Gasteiger charge is -2.16. The second-order valence-corrected chi connectivity index (χ2v) is 5.04. The molecule has 5 nitrogen and oxygen atoms in total. The molecule has 1 aromatic carbocycles. The van der Waals surface area contributed by atoms with Crippen LogP contribution in [0.15, 0.2) is 34.9 Å². The van der Waals surface area contributed by atoms with Crippen molar-refractivity contribution >= 4 is 5.91 Å². The van der Waals surface area contributed by atoms with Crippen LogP contribution in [0, 0.1) is 0 Å². The fourth-order valence-electron chi connectivity index (χ4n) is 2.22. The molecule has 0 saturated heterocycles. The monoisotopic (exact) mass is 288 g/mol. The summed E-state index contributed by atoms with van der Waals surface area (Å²) in [5.74, 6) is 0.0228. The van der Waals surface area contributed by atoms with Gasteiger partial charge in [0, 0.05) is 19.2 Å². The summed E-state index contributed by atoms with van der Waals surface area (Å²) in [5.41, 5.74) is 1.60. The summed E-state index contributed by atoms with van der Waals surface area (Å²) in [6, 6.07) is 9.36.